The van der Waals surface area contributed by atoms with Crippen molar-refractivity contribution in [3.05, 3.63) is 42.6 Å². The van der Waals surface area contributed by atoms with E-state index >= 15 is 0 Å². The van der Waals surface area contributed by atoms with Gasteiger partial charge in [0.2, 0.25) is 5.95 Å². The second-order valence-electron chi connectivity index (χ2n) is 10.8. The highest BCUT2D eigenvalue weighted by molar-refractivity contribution is 5.89. The summed E-state index contributed by atoms with van der Waals surface area (Å²) in [6.07, 6.45) is 3.24. The Hall–Kier alpha value is -4.15. The molecule has 0 bridgehead atoms. The Bertz CT molecular complexity index is 1290. The number of benzene rings is 1. The molecule has 0 aliphatic carbocycles. The van der Waals surface area contributed by atoms with Crippen LogP contribution in [0.4, 0.5) is 32.7 Å². The second-order valence-corrected chi connectivity index (χ2v) is 10.8. The first-order chi connectivity index (χ1) is 19.1. The highest BCUT2D eigenvalue weighted by Crippen LogP contribution is 2.23. The van der Waals surface area contributed by atoms with Crippen LogP contribution in [0.2, 0.25) is 0 Å². The predicted octanol–water partition coefficient (Wildman–Crippen LogP) is 5.48. The molecule has 1 aliphatic rings. The fourth-order valence-electron chi connectivity index (χ4n) is 4.44. The van der Waals surface area contributed by atoms with Gasteiger partial charge in [-0.15, -0.1) is 0 Å². The number of nitrogens with zero attached hydrogens (tertiary/aromatic N) is 6. The summed E-state index contributed by atoms with van der Waals surface area (Å²) in [7, 11) is 0. The fourth-order valence-corrected chi connectivity index (χ4v) is 4.44. The number of carbonyl (C=O) groups excluding carboxylic acids is 2. The molecule has 0 saturated carbocycles. The molecule has 11 nitrogen and oxygen atoms in total. The Morgan fingerprint density at radius 1 is 0.950 bits per heavy atom. The minimum atomic E-state index is -0.495. The van der Waals surface area contributed by atoms with Gasteiger partial charge in [-0.3, -0.25) is 5.32 Å². The van der Waals surface area contributed by atoms with Gasteiger partial charge >= 0.3 is 12.1 Å². The summed E-state index contributed by atoms with van der Waals surface area (Å²) in [4.78, 5) is 44.3. The fraction of sp³-hybridized carbons (Fsp3) is 0.483. The zero-order valence-corrected chi connectivity index (χ0v) is 24.1. The number of amides is 3. The third kappa shape index (κ3) is 7.71. The van der Waals surface area contributed by atoms with Gasteiger partial charge in [0, 0.05) is 62.2 Å². The van der Waals surface area contributed by atoms with Crippen molar-refractivity contribution in [2.24, 2.45) is 0 Å². The molecule has 1 fully saturated rings. The number of hydrogen-bond acceptors (Lipinski definition) is 8. The summed E-state index contributed by atoms with van der Waals surface area (Å²) < 4.78 is 5.49. The summed E-state index contributed by atoms with van der Waals surface area (Å²) in [5, 5.41) is 6.91. The lowest BCUT2D eigenvalue weighted by Crippen LogP contribution is -2.50. The molecule has 0 atom stereocenters. The van der Waals surface area contributed by atoms with E-state index in [1.54, 1.807) is 22.1 Å². The Labute approximate surface area is 235 Å². The molecule has 214 valence electrons. The summed E-state index contributed by atoms with van der Waals surface area (Å²) in [6, 6.07) is 11.5. The third-order valence-electron chi connectivity index (χ3n) is 6.37. The van der Waals surface area contributed by atoms with Crippen molar-refractivity contribution in [3.63, 3.8) is 0 Å². The van der Waals surface area contributed by atoms with Crippen LogP contribution < -0.4 is 15.5 Å². The average Bonchev–Trinajstić information content (AvgIpc) is 2.92. The van der Waals surface area contributed by atoms with Gasteiger partial charge in [-0.05, 0) is 70.0 Å². The van der Waals surface area contributed by atoms with E-state index in [9.17, 15) is 9.59 Å². The molecule has 1 aliphatic heterocycles. The molecule has 2 N–H and O–H groups in total. The van der Waals surface area contributed by atoms with E-state index in [0.29, 0.717) is 43.6 Å². The molecule has 0 spiro atoms. The highest BCUT2D eigenvalue weighted by atomic mass is 16.6. The molecule has 2 aromatic heterocycles. The van der Waals surface area contributed by atoms with E-state index in [0.717, 1.165) is 42.7 Å². The van der Waals surface area contributed by atoms with Gasteiger partial charge in [0.1, 0.15) is 11.4 Å². The van der Waals surface area contributed by atoms with Crippen molar-refractivity contribution < 1.29 is 14.3 Å². The van der Waals surface area contributed by atoms with Gasteiger partial charge in [-0.2, -0.15) is 4.98 Å². The van der Waals surface area contributed by atoms with Crippen molar-refractivity contribution in [3.8, 4) is 0 Å². The normalized spacial score (nSPS) is 13.7. The molecule has 11 heteroatoms. The lowest BCUT2D eigenvalue weighted by molar-refractivity contribution is 0.0240. The number of pyridine rings is 1. The van der Waals surface area contributed by atoms with Gasteiger partial charge in [0.25, 0.3) is 0 Å². The molecule has 1 saturated heterocycles. The van der Waals surface area contributed by atoms with Crippen LogP contribution in [0.25, 0.3) is 11.0 Å². The quantitative estimate of drug-likeness (QED) is 0.380. The van der Waals surface area contributed by atoms with Gasteiger partial charge in [0.15, 0.2) is 5.65 Å². The highest BCUT2D eigenvalue weighted by Gasteiger charge is 2.26. The molecule has 3 aromatic rings. The van der Waals surface area contributed by atoms with Crippen LogP contribution >= 0.6 is 0 Å². The molecule has 40 heavy (non-hydrogen) atoms. The minimum Gasteiger partial charge on any atom is -0.444 e. The smallest absolute Gasteiger partial charge is 0.410 e. The Kier molecular flexibility index (Phi) is 9.23. The van der Waals surface area contributed by atoms with E-state index in [-0.39, 0.29) is 12.1 Å². The second kappa shape index (κ2) is 12.8. The van der Waals surface area contributed by atoms with Crippen molar-refractivity contribution in [2.45, 2.75) is 53.1 Å². The van der Waals surface area contributed by atoms with E-state index in [4.69, 9.17) is 4.74 Å². The molecule has 0 unspecified atom stereocenters. The Morgan fingerprint density at radius 2 is 1.62 bits per heavy atom. The van der Waals surface area contributed by atoms with Gasteiger partial charge < -0.3 is 24.8 Å². The maximum absolute atomic E-state index is 12.7. The number of piperazine rings is 1. The standard InChI is InChI=1S/C29H40N8O3/c1-6-14-36(15-7-2)27(38)33-24-13-8-21-20-30-26(34-25(21)32-24)31-22-9-11-23(12-10-22)35-16-18-37(19-17-35)28(39)40-29(3,4)5/h8-13,20H,6-7,14-19H2,1-5H3,(H2,30,31,32,33,34,38). The minimum absolute atomic E-state index is 0.158. The van der Waals surface area contributed by atoms with Crippen LogP contribution in [0.5, 0.6) is 0 Å². The van der Waals surface area contributed by atoms with Crippen molar-refractivity contribution in [1.29, 1.82) is 0 Å². The number of rotatable bonds is 8. The van der Waals surface area contributed by atoms with E-state index < -0.39 is 5.60 Å². The number of hydrogen-bond donors (Lipinski definition) is 2. The van der Waals surface area contributed by atoms with Crippen LogP contribution in [0.3, 0.4) is 0 Å². The molecule has 3 heterocycles. The van der Waals surface area contributed by atoms with Crippen LogP contribution in [0, 0.1) is 0 Å². The Morgan fingerprint density at radius 3 is 2.25 bits per heavy atom. The summed E-state index contributed by atoms with van der Waals surface area (Å²) in [6.45, 7) is 13.8. The number of carbonyl (C=O) groups is 2. The van der Waals surface area contributed by atoms with Crippen LogP contribution in [0.1, 0.15) is 47.5 Å². The zero-order valence-electron chi connectivity index (χ0n) is 24.1. The number of ether oxygens (including phenoxy) is 1. The first kappa shape index (κ1) is 28.8. The first-order valence-electron chi connectivity index (χ1n) is 13.9. The number of anilines is 4. The predicted molar refractivity (Wildman–Crippen MR) is 158 cm³/mol. The molecule has 4 rings (SSSR count). The lowest BCUT2D eigenvalue weighted by atomic mass is 10.2. The van der Waals surface area contributed by atoms with Crippen LogP contribution in [-0.4, -0.2) is 81.7 Å². The summed E-state index contributed by atoms with van der Waals surface area (Å²) in [5.41, 5.74) is 1.92. The molecular weight excluding hydrogens is 508 g/mol. The summed E-state index contributed by atoms with van der Waals surface area (Å²) >= 11 is 0. The monoisotopic (exact) mass is 548 g/mol. The number of fused-ring (bicyclic) bond motifs is 1. The topological polar surface area (TPSA) is 116 Å². The zero-order chi connectivity index (χ0) is 28.7. The maximum atomic E-state index is 12.7. The van der Waals surface area contributed by atoms with Gasteiger partial charge in [0.05, 0.1) is 0 Å². The van der Waals surface area contributed by atoms with Gasteiger partial charge in [-0.25, -0.2) is 19.6 Å². The van der Waals surface area contributed by atoms with E-state index in [2.05, 4.69) is 44.3 Å². The SMILES string of the molecule is CCCN(CCC)C(=O)Nc1ccc2cnc(Nc3ccc(N4CCN(C(=O)OC(C)(C)C)CC4)cc3)nc2n1. The number of urea groups is 1. The van der Waals surface area contributed by atoms with Crippen molar-refractivity contribution in [2.75, 3.05) is 54.8 Å². The van der Waals surface area contributed by atoms with E-state index in [1.807, 2.05) is 51.1 Å². The average molecular weight is 549 g/mol. The van der Waals surface area contributed by atoms with E-state index in [1.165, 1.54) is 0 Å². The molecule has 0 radical (unpaired) electrons. The van der Waals surface area contributed by atoms with Crippen molar-refractivity contribution in [1.82, 2.24) is 24.8 Å². The molecular formula is C29H40N8O3. The first-order valence-corrected chi connectivity index (χ1v) is 13.9. The molecule has 1 aromatic carbocycles. The Balaban J connectivity index is 1.36. The lowest BCUT2D eigenvalue weighted by Gasteiger charge is -2.36. The largest absolute Gasteiger partial charge is 0.444 e. The van der Waals surface area contributed by atoms with Crippen LogP contribution in [0.15, 0.2) is 42.6 Å². The third-order valence-corrected chi connectivity index (χ3v) is 6.37. The maximum Gasteiger partial charge on any atom is 0.410 e. The van der Waals surface area contributed by atoms with Crippen molar-refractivity contribution >= 4 is 46.3 Å². The van der Waals surface area contributed by atoms with Gasteiger partial charge in [-0.1, -0.05) is 13.8 Å². The summed E-state index contributed by atoms with van der Waals surface area (Å²) in [5.74, 6) is 0.872. The molecule has 3 amide bonds. The number of aromatic nitrogens is 3. The van der Waals surface area contributed by atoms with Crippen LogP contribution in [-0.2, 0) is 4.74 Å². The number of nitrogens with one attached hydrogen (secondary N) is 2.